The van der Waals surface area contributed by atoms with Crippen LogP contribution in [0, 0.1) is 0 Å². The van der Waals surface area contributed by atoms with Gasteiger partial charge in [0, 0.05) is 11.6 Å². The van der Waals surface area contributed by atoms with Gasteiger partial charge in [0.05, 0.1) is 23.4 Å². The molecule has 1 aliphatic carbocycles. The van der Waals surface area contributed by atoms with E-state index in [0.29, 0.717) is 0 Å². The smallest absolute Gasteiger partial charge is 0.339 e. The molecule has 2 aromatic rings. The minimum Gasteiger partial charge on any atom is -0.465 e. The van der Waals surface area contributed by atoms with Gasteiger partial charge in [-0.1, -0.05) is 23.7 Å². The van der Waals surface area contributed by atoms with Crippen LogP contribution in [0.25, 0.3) is 0 Å². The Morgan fingerprint density at radius 1 is 1.15 bits per heavy atom. The number of para-hydroxylation sites is 1. The minimum absolute atomic E-state index is 0.0228. The van der Waals surface area contributed by atoms with Gasteiger partial charge in [0.1, 0.15) is 4.90 Å². The Morgan fingerprint density at radius 3 is 2.52 bits per heavy atom. The molecule has 1 amide bonds. The average Bonchev–Trinajstić information content (AvgIpc) is 3.45. The van der Waals surface area contributed by atoms with Gasteiger partial charge in [0.15, 0.2) is 0 Å². The second-order valence-corrected chi connectivity index (χ2v) is 8.12. The van der Waals surface area contributed by atoms with E-state index in [4.69, 9.17) is 16.3 Å². The second kappa shape index (κ2) is 7.67. The predicted molar refractivity (Wildman–Crippen MR) is 101 cm³/mol. The van der Waals surface area contributed by atoms with Crippen molar-refractivity contribution in [3.05, 3.63) is 58.6 Å². The van der Waals surface area contributed by atoms with Gasteiger partial charge in [-0.15, -0.1) is 0 Å². The molecule has 0 spiro atoms. The molecule has 1 aliphatic rings. The van der Waals surface area contributed by atoms with E-state index in [1.807, 2.05) is 0 Å². The number of hydrogen-bond donors (Lipinski definition) is 2. The summed E-state index contributed by atoms with van der Waals surface area (Å²) in [5, 5.41) is 2.62. The van der Waals surface area contributed by atoms with Crippen molar-refractivity contribution in [2.45, 2.75) is 23.8 Å². The number of ether oxygens (including phenoxy) is 1. The van der Waals surface area contributed by atoms with Crippen molar-refractivity contribution < 1.29 is 22.7 Å². The zero-order valence-electron chi connectivity index (χ0n) is 14.4. The number of halogens is 1. The molecule has 2 aromatic carbocycles. The molecular formula is C18H17ClN2O5S. The first-order valence-electron chi connectivity index (χ1n) is 8.12. The number of benzene rings is 2. The summed E-state index contributed by atoms with van der Waals surface area (Å²) in [6.07, 6.45) is 1.56. The predicted octanol–water partition coefficient (Wildman–Crippen LogP) is 2.82. The van der Waals surface area contributed by atoms with E-state index in [1.54, 1.807) is 18.2 Å². The number of anilines is 1. The Hall–Kier alpha value is -2.42. The highest BCUT2D eigenvalue weighted by Crippen LogP contribution is 2.27. The fourth-order valence-corrected chi connectivity index (χ4v) is 4.24. The third kappa shape index (κ3) is 4.47. The lowest BCUT2D eigenvalue weighted by molar-refractivity contribution is 0.0602. The summed E-state index contributed by atoms with van der Waals surface area (Å²) in [7, 11) is -2.58. The van der Waals surface area contributed by atoms with E-state index >= 15 is 0 Å². The van der Waals surface area contributed by atoms with Crippen LogP contribution < -0.4 is 10.0 Å². The maximum absolute atomic E-state index is 12.6. The lowest BCUT2D eigenvalue weighted by atomic mass is 10.1. The highest BCUT2D eigenvalue weighted by Gasteiger charge is 2.29. The zero-order valence-corrected chi connectivity index (χ0v) is 15.9. The van der Waals surface area contributed by atoms with Crippen molar-refractivity contribution in [3.8, 4) is 0 Å². The number of rotatable bonds is 6. The lowest BCUT2D eigenvalue weighted by Crippen LogP contribution is -2.26. The van der Waals surface area contributed by atoms with Gasteiger partial charge in [0.2, 0.25) is 10.0 Å². The summed E-state index contributed by atoms with van der Waals surface area (Å²) in [6.45, 7) is 0. The average molecular weight is 409 g/mol. The molecule has 0 aromatic heterocycles. The van der Waals surface area contributed by atoms with Gasteiger partial charge in [-0.2, -0.15) is 0 Å². The summed E-state index contributed by atoms with van der Waals surface area (Å²) in [6, 6.07) is 10.2. The second-order valence-electron chi connectivity index (χ2n) is 6.03. The number of carbonyl (C=O) groups excluding carboxylic acids is 2. The molecule has 3 rings (SSSR count). The zero-order chi connectivity index (χ0) is 19.6. The molecule has 1 fully saturated rings. The summed E-state index contributed by atoms with van der Waals surface area (Å²) < 4.78 is 32.1. The highest BCUT2D eigenvalue weighted by atomic mass is 35.5. The molecule has 0 radical (unpaired) electrons. The fraction of sp³-hybridized carbons (Fsp3) is 0.222. The number of nitrogens with one attached hydrogen (secondary N) is 2. The van der Waals surface area contributed by atoms with Gasteiger partial charge in [-0.3, -0.25) is 4.79 Å². The van der Waals surface area contributed by atoms with Crippen molar-refractivity contribution in [3.63, 3.8) is 0 Å². The number of amides is 1. The normalized spacial score (nSPS) is 13.9. The molecule has 0 bridgehead atoms. The van der Waals surface area contributed by atoms with Gasteiger partial charge < -0.3 is 10.1 Å². The molecule has 0 saturated heterocycles. The van der Waals surface area contributed by atoms with Crippen LogP contribution in [0.4, 0.5) is 5.69 Å². The maximum atomic E-state index is 12.6. The van der Waals surface area contributed by atoms with Crippen molar-refractivity contribution >= 4 is 39.2 Å². The Balaban J connectivity index is 1.88. The molecule has 9 heteroatoms. The van der Waals surface area contributed by atoms with Crippen LogP contribution in [0.15, 0.2) is 47.4 Å². The van der Waals surface area contributed by atoms with E-state index in [-0.39, 0.29) is 32.8 Å². The first-order valence-corrected chi connectivity index (χ1v) is 9.98. The molecule has 142 valence electrons. The van der Waals surface area contributed by atoms with Crippen molar-refractivity contribution in [1.82, 2.24) is 4.72 Å². The molecule has 0 heterocycles. The quantitative estimate of drug-likeness (QED) is 0.715. The first-order chi connectivity index (χ1) is 12.8. The molecular weight excluding hydrogens is 392 g/mol. The monoisotopic (exact) mass is 408 g/mol. The Kier molecular flexibility index (Phi) is 5.50. The van der Waals surface area contributed by atoms with Crippen LogP contribution in [-0.4, -0.2) is 33.4 Å². The lowest BCUT2D eigenvalue weighted by Gasteiger charge is -2.12. The van der Waals surface area contributed by atoms with E-state index in [1.165, 1.54) is 31.4 Å². The van der Waals surface area contributed by atoms with Crippen molar-refractivity contribution in [1.29, 1.82) is 0 Å². The number of sulfonamides is 1. The molecule has 27 heavy (non-hydrogen) atoms. The van der Waals surface area contributed by atoms with Gasteiger partial charge >= 0.3 is 5.97 Å². The van der Waals surface area contributed by atoms with Crippen molar-refractivity contribution in [2.75, 3.05) is 12.4 Å². The minimum atomic E-state index is -3.82. The summed E-state index contributed by atoms with van der Waals surface area (Å²) in [5.41, 5.74) is 0.533. The SMILES string of the molecule is COC(=O)c1ccccc1NC(=O)c1ccc(Cl)c(S(=O)(=O)NC2CC2)c1. The van der Waals surface area contributed by atoms with Crippen LogP contribution in [0.3, 0.4) is 0 Å². The van der Waals surface area contributed by atoms with E-state index < -0.39 is 21.9 Å². The van der Waals surface area contributed by atoms with Crippen molar-refractivity contribution in [2.24, 2.45) is 0 Å². The third-order valence-corrected chi connectivity index (χ3v) is 5.96. The van der Waals surface area contributed by atoms with Crippen LogP contribution in [0.1, 0.15) is 33.6 Å². The number of carbonyl (C=O) groups is 2. The largest absolute Gasteiger partial charge is 0.465 e. The van der Waals surface area contributed by atoms with E-state index in [0.717, 1.165) is 12.8 Å². The molecule has 7 nitrogen and oxygen atoms in total. The third-order valence-electron chi connectivity index (χ3n) is 3.96. The standard InChI is InChI=1S/C18H17ClN2O5S/c1-26-18(23)13-4-2-3-5-15(13)20-17(22)11-6-9-14(19)16(10-11)27(24,25)21-12-7-8-12/h2-6,9-10,12,21H,7-8H2,1H3,(H,20,22). The topological polar surface area (TPSA) is 102 Å². The first kappa shape index (κ1) is 19.3. The Morgan fingerprint density at radius 2 is 1.85 bits per heavy atom. The van der Waals surface area contributed by atoms with Crippen LogP contribution in [0.5, 0.6) is 0 Å². The van der Waals surface area contributed by atoms with Crippen LogP contribution >= 0.6 is 11.6 Å². The van der Waals surface area contributed by atoms with E-state index in [2.05, 4.69) is 10.0 Å². The maximum Gasteiger partial charge on any atom is 0.339 e. The summed E-state index contributed by atoms with van der Waals surface area (Å²) in [5.74, 6) is -1.18. The van der Waals surface area contributed by atoms with Crippen LogP contribution in [-0.2, 0) is 14.8 Å². The Bertz CT molecular complexity index is 1000. The summed E-state index contributed by atoms with van der Waals surface area (Å²) >= 11 is 6.02. The number of hydrogen-bond acceptors (Lipinski definition) is 5. The Labute approximate surface area is 161 Å². The van der Waals surface area contributed by atoms with E-state index in [9.17, 15) is 18.0 Å². The fourth-order valence-electron chi connectivity index (χ4n) is 2.41. The van der Waals surface area contributed by atoms with Gasteiger partial charge in [0.25, 0.3) is 5.91 Å². The van der Waals surface area contributed by atoms with Gasteiger partial charge in [-0.05, 0) is 43.2 Å². The van der Waals surface area contributed by atoms with Crippen LogP contribution in [0.2, 0.25) is 5.02 Å². The molecule has 0 unspecified atom stereocenters. The molecule has 1 saturated carbocycles. The number of esters is 1. The summed E-state index contributed by atoms with van der Waals surface area (Å²) in [4.78, 5) is 24.2. The molecule has 2 N–H and O–H groups in total. The molecule has 0 aliphatic heterocycles. The molecule has 0 atom stereocenters. The highest BCUT2D eigenvalue weighted by molar-refractivity contribution is 7.89. The van der Waals surface area contributed by atoms with Gasteiger partial charge in [-0.25, -0.2) is 17.9 Å². The number of methoxy groups -OCH3 is 1.